The van der Waals surface area contributed by atoms with E-state index >= 15 is 0 Å². The Morgan fingerprint density at radius 1 is 1.00 bits per heavy atom. The molecule has 4 N–H and O–H groups in total. The second-order valence-corrected chi connectivity index (χ2v) is 10.0. The second-order valence-electron chi connectivity index (χ2n) is 10.0. The zero-order valence-electron chi connectivity index (χ0n) is 23.9. The van der Waals surface area contributed by atoms with Crippen LogP contribution in [0.4, 0.5) is 0 Å². The summed E-state index contributed by atoms with van der Waals surface area (Å²) in [6.45, 7) is 9.95. The van der Waals surface area contributed by atoms with Gasteiger partial charge in [0.05, 0.1) is 17.7 Å². The maximum absolute atomic E-state index is 12.8. The molecule has 0 aliphatic rings. The summed E-state index contributed by atoms with van der Waals surface area (Å²) in [5.74, 6) is -0.402. The molecule has 0 aliphatic carbocycles. The summed E-state index contributed by atoms with van der Waals surface area (Å²) >= 11 is 0. The van der Waals surface area contributed by atoms with Crippen molar-refractivity contribution in [1.82, 2.24) is 15.8 Å². The van der Waals surface area contributed by atoms with Gasteiger partial charge in [0.25, 0.3) is 5.91 Å². The standard InChI is InChI=1S/C31H41N3O6/c1-5-33-31(38)29-28(30(40-34-29)24-17-23(20(3)4)25(35)18-26(24)36)22-14-12-21(13-15-22)19-32-16-10-8-7-9-11-27(37)39-6-2/h12-15,17-18,20,32,35-36H,5-11,16,19H2,1-4H3,(H,33,38). The van der Waals surface area contributed by atoms with Crippen molar-refractivity contribution in [1.29, 1.82) is 0 Å². The van der Waals surface area contributed by atoms with Crippen molar-refractivity contribution in [3.8, 4) is 33.9 Å². The molecule has 2 aromatic carbocycles. The fraction of sp³-hybridized carbons (Fsp3) is 0.452. The molecule has 0 spiro atoms. The van der Waals surface area contributed by atoms with Crippen LogP contribution in [0.5, 0.6) is 11.5 Å². The number of hydrogen-bond acceptors (Lipinski definition) is 8. The topological polar surface area (TPSA) is 134 Å². The van der Waals surface area contributed by atoms with E-state index in [-0.39, 0.29) is 40.7 Å². The molecule has 216 valence electrons. The molecule has 40 heavy (non-hydrogen) atoms. The van der Waals surface area contributed by atoms with Crippen molar-refractivity contribution in [2.24, 2.45) is 0 Å². The summed E-state index contributed by atoms with van der Waals surface area (Å²) in [6.07, 6.45) is 4.40. The lowest BCUT2D eigenvalue weighted by atomic mass is 9.94. The van der Waals surface area contributed by atoms with E-state index in [1.807, 2.05) is 52.0 Å². The van der Waals surface area contributed by atoms with Gasteiger partial charge in [0, 0.05) is 25.6 Å². The average molecular weight is 552 g/mol. The van der Waals surface area contributed by atoms with E-state index in [1.165, 1.54) is 6.07 Å². The van der Waals surface area contributed by atoms with Gasteiger partial charge in [-0.05, 0) is 61.9 Å². The molecule has 9 heteroatoms. The van der Waals surface area contributed by atoms with E-state index in [0.29, 0.717) is 42.8 Å². The van der Waals surface area contributed by atoms with E-state index in [9.17, 15) is 19.8 Å². The number of carbonyl (C=O) groups is 2. The number of ether oxygens (including phenoxy) is 1. The van der Waals surface area contributed by atoms with Gasteiger partial charge in [-0.15, -0.1) is 0 Å². The molecular weight excluding hydrogens is 510 g/mol. The number of aromatic nitrogens is 1. The first-order valence-electron chi connectivity index (χ1n) is 14.1. The molecule has 0 bridgehead atoms. The second kappa shape index (κ2) is 15.1. The Morgan fingerprint density at radius 3 is 2.40 bits per heavy atom. The third kappa shape index (κ3) is 8.08. The highest BCUT2D eigenvalue weighted by Gasteiger charge is 2.27. The molecule has 0 fully saturated rings. The third-order valence-electron chi connectivity index (χ3n) is 6.62. The highest BCUT2D eigenvalue weighted by Crippen LogP contribution is 2.43. The number of nitrogens with one attached hydrogen (secondary N) is 2. The first kappa shape index (κ1) is 30.7. The highest BCUT2D eigenvalue weighted by atomic mass is 16.5. The molecule has 1 amide bonds. The Kier molecular flexibility index (Phi) is 11.6. The zero-order chi connectivity index (χ0) is 29.1. The largest absolute Gasteiger partial charge is 0.508 e. The van der Waals surface area contributed by atoms with E-state index in [4.69, 9.17) is 9.26 Å². The molecule has 3 rings (SSSR count). The molecule has 1 aromatic heterocycles. The van der Waals surface area contributed by atoms with Crippen molar-refractivity contribution in [2.45, 2.75) is 72.3 Å². The number of esters is 1. The summed E-state index contributed by atoms with van der Waals surface area (Å²) in [6, 6.07) is 10.7. The lowest BCUT2D eigenvalue weighted by molar-refractivity contribution is -0.143. The van der Waals surface area contributed by atoms with Crippen LogP contribution in [0.3, 0.4) is 0 Å². The van der Waals surface area contributed by atoms with Gasteiger partial charge in [-0.1, -0.05) is 56.1 Å². The molecule has 0 unspecified atom stereocenters. The Labute approximate surface area is 235 Å². The number of unbranched alkanes of at least 4 members (excludes halogenated alkanes) is 3. The number of hydrogen-bond donors (Lipinski definition) is 4. The summed E-state index contributed by atoms with van der Waals surface area (Å²) in [5, 5.41) is 31.2. The van der Waals surface area contributed by atoms with Gasteiger partial charge in [0.2, 0.25) is 0 Å². The maximum atomic E-state index is 12.8. The molecule has 0 saturated heterocycles. The van der Waals surface area contributed by atoms with Crippen molar-refractivity contribution >= 4 is 11.9 Å². The minimum Gasteiger partial charge on any atom is -0.508 e. The van der Waals surface area contributed by atoms with E-state index in [0.717, 1.165) is 43.4 Å². The van der Waals surface area contributed by atoms with Gasteiger partial charge < -0.3 is 30.1 Å². The Balaban J connectivity index is 1.71. The Morgan fingerprint density at radius 2 is 1.73 bits per heavy atom. The van der Waals surface area contributed by atoms with Gasteiger partial charge in [0.15, 0.2) is 11.5 Å². The fourth-order valence-electron chi connectivity index (χ4n) is 4.51. The SMILES string of the molecule is CCNC(=O)c1noc(-c2cc(C(C)C)c(O)cc2O)c1-c1ccc(CNCCCCCCC(=O)OCC)cc1. The van der Waals surface area contributed by atoms with Crippen molar-refractivity contribution < 1.29 is 29.1 Å². The van der Waals surface area contributed by atoms with E-state index < -0.39 is 0 Å². The van der Waals surface area contributed by atoms with Crippen LogP contribution in [-0.2, 0) is 16.1 Å². The van der Waals surface area contributed by atoms with Crippen molar-refractivity contribution in [2.75, 3.05) is 19.7 Å². The molecule has 0 aliphatic heterocycles. The normalized spacial score (nSPS) is 11.1. The van der Waals surface area contributed by atoms with E-state index in [2.05, 4.69) is 15.8 Å². The lowest BCUT2D eigenvalue weighted by Crippen LogP contribution is -2.23. The number of carbonyl (C=O) groups excluding carboxylic acids is 2. The zero-order valence-corrected chi connectivity index (χ0v) is 23.9. The van der Waals surface area contributed by atoms with Gasteiger partial charge in [-0.2, -0.15) is 0 Å². The van der Waals surface area contributed by atoms with Crippen LogP contribution >= 0.6 is 0 Å². The van der Waals surface area contributed by atoms with Gasteiger partial charge in [0.1, 0.15) is 11.5 Å². The monoisotopic (exact) mass is 551 g/mol. The molecular formula is C31H41N3O6. The minimum atomic E-state index is -0.372. The van der Waals surface area contributed by atoms with Crippen LogP contribution in [0.1, 0.15) is 87.3 Å². The number of benzene rings is 2. The van der Waals surface area contributed by atoms with Crippen molar-refractivity contribution in [3.05, 3.63) is 53.2 Å². The Bertz CT molecular complexity index is 1270. The molecule has 0 atom stereocenters. The highest BCUT2D eigenvalue weighted by molar-refractivity contribution is 6.02. The van der Waals surface area contributed by atoms with Crippen LogP contribution in [0.2, 0.25) is 0 Å². The molecule has 0 radical (unpaired) electrons. The lowest BCUT2D eigenvalue weighted by Gasteiger charge is -2.13. The first-order chi connectivity index (χ1) is 19.3. The molecule has 0 saturated carbocycles. The quantitative estimate of drug-likeness (QED) is 0.136. The predicted octanol–water partition coefficient (Wildman–Crippen LogP) is 5.90. The average Bonchev–Trinajstić information content (AvgIpc) is 3.35. The molecule has 3 aromatic rings. The van der Waals surface area contributed by atoms with E-state index in [1.54, 1.807) is 6.07 Å². The minimum absolute atomic E-state index is 0.00459. The number of nitrogens with zero attached hydrogens (tertiary/aromatic N) is 1. The number of phenolic OH excluding ortho intramolecular Hbond substituents is 2. The van der Waals surface area contributed by atoms with Gasteiger partial charge >= 0.3 is 5.97 Å². The third-order valence-corrected chi connectivity index (χ3v) is 6.62. The Hall–Kier alpha value is -3.85. The maximum Gasteiger partial charge on any atom is 0.305 e. The number of aromatic hydroxyl groups is 2. The summed E-state index contributed by atoms with van der Waals surface area (Å²) < 4.78 is 10.6. The predicted molar refractivity (Wildman–Crippen MR) is 154 cm³/mol. The number of rotatable bonds is 15. The van der Waals surface area contributed by atoms with Gasteiger partial charge in [-0.3, -0.25) is 9.59 Å². The number of phenols is 2. The fourth-order valence-corrected chi connectivity index (χ4v) is 4.51. The van der Waals surface area contributed by atoms with Crippen LogP contribution in [-0.4, -0.2) is 46.9 Å². The van der Waals surface area contributed by atoms with Crippen LogP contribution < -0.4 is 10.6 Å². The van der Waals surface area contributed by atoms with Gasteiger partial charge in [-0.25, -0.2) is 0 Å². The summed E-state index contributed by atoms with van der Waals surface area (Å²) in [7, 11) is 0. The van der Waals surface area contributed by atoms with Crippen LogP contribution in [0.25, 0.3) is 22.5 Å². The number of amides is 1. The summed E-state index contributed by atoms with van der Waals surface area (Å²) in [5.41, 5.74) is 3.41. The molecule has 1 heterocycles. The molecule has 9 nitrogen and oxygen atoms in total. The smallest absolute Gasteiger partial charge is 0.305 e. The first-order valence-corrected chi connectivity index (χ1v) is 14.1. The van der Waals surface area contributed by atoms with Crippen molar-refractivity contribution in [3.63, 3.8) is 0 Å². The van der Waals surface area contributed by atoms with Crippen LogP contribution in [0, 0.1) is 0 Å². The summed E-state index contributed by atoms with van der Waals surface area (Å²) in [4.78, 5) is 24.2. The van der Waals surface area contributed by atoms with Crippen LogP contribution in [0.15, 0.2) is 40.9 Å².